The topological polar surface area (TPSA) is 34.1 Å². The van der Waals surface area contributed by atoms with E-state index >= 15 is 0 Å². The molecule has 2 aromatic rings. The van der Waals surface area contributed by atoms with Gasteiger partial charge in [0, 0.05) is 6.17 Å². The highest BCUT2D eigenvalue weighted by Gasteiger charge is 2.12. The molecule has 0 bridgehead atoms. The first kappa shape index (κ1) is 15.7. The normalized spacial score (nSPS) is 11.0. The van der Waals surface area contributed by atoms with Gasteiger partial charge in [0.25, 0.3) is 0 Å². The number of nitrogens with zero attached hydrogens (tertiary/aromatic N) is 1. The molecule has 0 aliphatic carbocycles. The van der Waals surface area contributed by atoms with Crippen LogP contribution in [0.15, 0.2) is 48.7 Å². The largest absolute Gasteiger partial charge is 0.444 e. The molecule has 1 aromatic heterocycles. The zero-order valence-corrected chi connectivity index (χ0v) is 14.4. The lowest BCUT2D eigenvalue weighted by Crippen LogP contribution is -2.31. The van der Waals surface area contributed by atoms with Crippen molar-refractivity contribution in [2.75, 3.05) is 11.5 Å². The van der Waals surface area contributed by atoms with Crippen LogP contribution in [0.25, 0.3) is 0 Å². The predicted octanol–water partition coefficient (Wildman–Crippen LogP) is 4.13. The van der Waals surface area contributed by atoms with Crippen LogP contribution in [0.3, 0.4) is 0 Å². The third-order valence-corrected chi connectivity index (χ3v) is 4.28. The Balaban J connectivity index is 1.97. The predicted molar refractivity (Wildman–Crippen MR) is 94.8 cm³/mol. The second-order valence-electron chi connectivity index (χ2n) is 6.05. The van der Waals surface area contributed by atoms with Crippen LogP contribution in [-0.4, -0.2) is 24.3 Å². The van der Waals surface area contributed by atoms with Gasteiger partial charge in [0.15, 0.2) is 0 Å². The molecule has 0 aliphatic rings. The molecule has 3 nitrogen and oxygen atoms in total. The van der Waals surface area contributed by atoms with Gasteiger partial charge in [-0.2, -0.15) is 0 Å². The average Bonchev–Trinajstić information content (AvgIpc) is 2.46. The average molecular weight is 317 g/mol. The zero-order chi connectivity index (χ0) is 15.3. The molecule has 0 atom stereocenters. The van der Waals surface area contributed by atoms with E-state index in [0.29, 0.717) is 10.7 Å². The molecule has 0 amide bonds. The second-order valence-corrected chi connectivity index (χ2v) is 11.9. The number of anilines is 1. The van der Waals surface area contributed by atoms with Crippen LogP contribution in [0.1, 0.15) is 5.69 Å². The van der Waals surface area contributed by atoms with Crippen molar-refractivity contribution in [3.8, 4) is 5.75 Å². The summed E-state index contributed by atoms with van der Waals surface area (Å²) in [4.78, 5) is 4.36. The summed E-state index contributed by atoms with van der Waals surface area (Å²) < 4.78 is 5.61. The van der Waals surface area contributed by atoms with Gasteiger partial charge in [0.1, 0.15) is 11.4 Å². The van der Waals surface area contributed by atoms with Crippen molar-refractivity contribution in [2.24, 2.45) is 0 Å². The van der Waals surface area contributed by atoms with E-state index in [2.05, 4.69) is 29.9 Å². The van der Waals surface area contributed by atoms with Gasteiger partial charge in [0.2, 0.25) is 5.05 Å². The zero-order valence-electron chi connectivity index (χ0n) is 12.6. The molecule has 1 heterocycles. The molecule has 2 rings (SSSR count). The Morgan fingerprint density at radius 3 is 2.43 bits per heavy atom. The van der Waals surface area contributed by atoms with Gasteiger partial charge in [-0.15, -0.1) is 0 Å². The first-order chi connectivity index (χ1) is 9.94. The highest BCUT2D eigenvalue weighted by Crippen LogP contribution is 2.13. The number of hydrogen-bond donors (Lipinski definition) is 1. The molecule has 0 fully saturated rings. The Morgan fingerprint density at radius 2 is 1.86 bits per heavy atom. The number of hydrogen-bond acceptors (Lipinski definition) is 4. The van der Waals surface area contributed by atoms with Crippen molar-refractivity contribution >= 4 is 31.0 Å². The maximum Gasteiger partial charge on any atom is 0.216 e. The van der Waals surface area contributed by atoms with Crippen molar-refractivity contribution in [3.05, 3.63) is 54.4 Å². The van der Waals surface area contributed by atoms with Gasteiger partial charge in [-0.3, -0.25) is 0 Å². The molecule has 21 heavy (non-hydrogen) atoms. The quantitative estimate of drug-likeness (QED) is 0.664. The molecule has 110 valence electrons. The first-order valence-electron chi connectivity index (χ1n) is 6.91. The number of para-hydroxylation sites is 1. The molecular weight excluding hydrogens is 296 g/mol. The SMILES string of the molecule is C[Si](C)(C)CNc1ccc(C(=S)Oc2ccccc2)nc1. The molecule has 0 spiro atoms. The number of pyridine rings is 1. The lowest BCUT2D eigenvalue weighted by molar-refractivity contribution is 0.564. The highest BCUT2D eigenvalue weighted by molar-refractivity contribution is 7.80. The Bertz CT molecular complexity index is 594. The Morgan fingerprint density at radius 1 is 1.14 bits per heavy atom. The summed E-state index contributed by atoms with van der Waals surface area (Å²) >= 11 is 5.27. The molecular formula is C16H20N2OSSi. The molecule has 0 unspecified atom stereocenters. The van der Waals surface area contributed by atoms with E-state index in [1.807, 2.05) is 42.5 Å². The van der Waals surface area contributed by atoms with E-state index < -0.39 is 8.07 Å². The minimum absolute atomic E-state index is 0.387. The maximum atomic E-state index is 5.61. The van der Waals surface area contributed by atoms with Gasteiger partial charge in [0.05, 0.1) is 20.0 Å². The van der Waals surface area contributed by atoms with E-state index in [1.54, 1.807) is 6.20 Å². The van der Waals surface area contributed by atoms with E-state index in [4.69, 9.17) is 17.0 Å². The second kappa shape index (κ2) is 6.82. The van der Waals surface area contributed by atoms with Crippen molar-refractivity contribution < 1.29 is 4.74 Å². The van der Waals surface area contributed by atoms with Crippen molar-refractivity contribution in [1.82, 2.24) is 4.98 Å². The van der Waals surface area contributed by atoms with Gasteiger partial charge in [-0.05, 0) is 36.5 Å². The molecule has 0 saturated heterocycles. The van der Waals surface area contributed by atoms with E-state index in [0.717, 1.165) is 17.6 Å². The summed E-state index contributed by atoms with van der Waals surface area (Å²) in [5, 5.41) is 3.80. The minimum Gasteiger partial charge on any atom is -0.444 e. The van der Waals surface area contributed by atoms with Crippen LogP contribution in [0.2, 0.25) is 19.6 Å². The smallest absolute Gasteiger partial charge is 0.216 e. The number of nitrogens with one attached hydrogen (secondary N) is 1. The summed E-state index contributed by atoms with van der Waals surface area (Å²) in [7, 11) is -1.12. The van der Waals surface area contributed by atoms with Crippen LogP contribution in [0, 0.1) is 0 Å². The number of rotatable bonds is 5. The summed E-state index contributed by atoms with van der Waals surface area (Å²) in [6.45, 7) is 6.97. The first-order valence-corrected chi connectivity index (χ1v) is 11.0. The molecule has 5 heteroatoms. The van der Waals surface area contributed by atoms with Crippen LogP contribution in [-0.2, 0) is 0 Å². The number of benzene rings is 1. The number of aromatic nitrogens is 1. The standard InChI is InChI=1S/C16H20N2OSSi/c1-21(2,3)12-18-13-9-10-15(17-11-13)16(20)19-14-7-5-4-6-8-14/h4-11,18H,12H2,1-3H3. The van der Waals surface area contributed by atoms with Gasteiger partial charge in [-0.1, -0.05) is 37.8 Å². The Labute approximate surface area is 132 Å². The molecule has 0 aliphatic heterocycles. The molecule has 0 radical (unpaired) electrons. The summed E-state index contributed by atoms with van der Waals surface area (Å²) in [5.74, 6) is 0.727. The lowest BCUT2D eigenvalue weighted by atomic mass is 10.3. The lowest BCUT2D eigenvalue weighted by Gasteiger charge is -2.17. The van der Waals surface area contributed by atoms with Gasteiger partial charge >= 0.3 is 0 Å². The monoisotopic (exact) mass is 316 g/mol. The molecule has 0 saturated carbocycles. The maximum absolute atomic E-state index is 5.61. The summed E-state index contributed by atoms with van der Waals surface area (Å²) in [5.41, 5.74) is 1.69. The van der Waals surface area contributed by atoms with Crippen LogP contribution >= 0.6 is 12.2 Å². The van der Waals surface area contributed by atoms with Crippen LogP contribution < -0.4 is 10.1 Å². The van der Waals surface area contributed by atoms with Crippen molar-refractivity contribution in [1.29, 1.82) is 0 Å². The number of ether oxygens (including phenoxy) is 1. The van der Waals surface area contributed by atoms with E-state index in [-0.39, 0.29) is 0 Å². The third-order valence-electron chi connectivity index (χ3n) is 2.75. The van der Waals surface area contributed by atoms with Crippen LogP contribution in [0.4, 0.5) is 5.69 Å². The summed E-state index contributed by atoms with van der Waals surface area (Å²) in [6.07, 6.45) is 2.83. The van der Waals surface area contributed by atoms with Gasteiger partial charge in [-0.25, -0.2) is 4.98 Å². The van der Waals surface area contributed by atoms with Crippen LogP contribution in [0.5, 0.6) is 5.75 Å². The van der Waals surface area contributed by atoms with Crippen molar-refractivity contribution in [3.63, 3.8) is 0 Å². The molecule has 1 aromatic carbocycles. The Hall–Kier alpha value is -1.72. The van der Waals surface area contributed by atoms with Crippen molar-refractivity contribution in [2.45, 2.75) is 19.6 Å². The fourth-order valence-electron chi connectivity index (χ4n) is 1.63. The fraction of sp³-hybridized carbons (Fsp3) is 0.250. The highest BCUT2D eigenvalue weighted by atomic mass is 32.1. The minimum atomic E-state index is -1.12. The number of thiocarbonyl (C=S) groups is 1. The van der Waals surface area contributed by atoms with E-state index in [9.17, 15) is 0 Å². The third kappa shape index (κ3) is 5.28. The summed E-state index contributed by atoms with van der Waals surface area (Å²) in [6, 6.07) is 13.4. The molecule has 1 N–H and O–H groups in total. The fourth-order valence-corrected chi connectivity index (χ4v) is 2.59. The van der Waals surface area contributed by atoms with Gasteiger partial charge < -0.3 is 10.1 Å². The Kier molecular flexibility index (Phi) is 5.09. The van der Waals surface area contributed by atoms with E-state index in [1.165, 1.54) is 0 Å².